The normalized spacial score (nSPS) is 30.7. The molecular weight excluding hydrogens is 320 g/mol. The minimum Gasteiger partial charge on any atom is -0.354 e. The average Bonchev–Trinajstić information content (AvgIpc) is 2.66. The van der Waals surface area contributed by atoms with Crippen molar-refractivity contribution < 1.29 is 14.4 Å². The van der Waals surface area contributed by atoms with Gasteiger partial charge >= 0.3 is 6.03 Å². The van der Waals surface area contributed by atoms with Crippen LogP contribution in [-0.4, -0.2) is 54.5 Å². The molecule has 7 nitrogen and oxygen atoms in total. The quantitative estimate of drug-likeness (QED) is 0.637. The monoisotopic (exact) mass is 344 g/mol. The first-order chi connectivity index (χ1) is 10.5. The van der Waals surface area contributed by atoms with Crippen molar-refractivity contribution in [3.8, 4) is 0 Å². The first-order valence-electron chi connectivity index (χ1n) is 8.14. The third-order valence-electron chi connectivity index (χ3n) is 5.26. The molecule has 0 aromatic rings. The summed E-state index contributed by atoms with van der Waals surface area (Å²) in [7, 11) is 0. The molecule has 1 saturated carbocycles. The third-order valence-corrected chi connectivity index (χ3v) is 5.26. The van der Waals surface area contributed by atoms with Crippen LogP contribution in [-0.2, 0) is 9.59 Å². The van der Waals surface area contributed by atoms with E-state index in [0.29, 0.717) is 18.9 Å². The largest absolute Gasteiger partial charge is 0.354 e. The third kappa shape index (κ3) is 3.30. The van der Waals surface area contributed by atoms with Crippen LogP contribution in [0.1, 0.15) is 32.6 Å². The number of halogens is 1. The number of hydrogen-bond acceptors (Lipinski definition) is 4. The van der Waals surface area contributed by atoms with Crippen LogP contribution in [0.3, 0.4) is 0 Å². The molecule has 2 heterocycles. The molecule has 0 aromatic carbocycles. The summed E-state index contributed by atoms with van der Waals surface area (Å²) in [5, 5.41) is 8.80. The highest BCUT2D eigenvalue weighted by Gasteiger charge is 2.55. The topological polar surface area (TPSA) is 90.5 Å². The van der Waals surface area contributed by atoms with E-state index in [9.17, 15) is 14.4 Å². The van der Waals surface area contributed by atoms with Gasteiger partial charge in [0.2, 0.25) is 5.91 Å². The summed E-state index contributed by atoms with van der Waals surface area (Å²) in [5.74, 6) is 0.0738. The molecule has 0 aromatic heterocycles. The van der Waals surface area contributed by atoms with E-state index in [1.54, 1.807) is 0 Å². The Hall–Kier alpha value is -1.34. The van der Waals surface area contributed by atoms with E-state index in [4.69, 9.17) is 0 Å². The lowest BCUT2D eigenvalue weighted by Crippen LogP contribution is -2.54. The van der Waals surface area contributed by atoms with Crippen molar-refractivity contribution in [3.63, 3.8) is 0 Å². The molecule has 3 fully saturated rings. The molecular formula is C15H25ClN4O3. The number of nitrogens with one attached hydrogen (secondary N) is 3. The molecule has 2 aliphatic heterocycles. The zero-order valence-electron chi connectivity index (χ0n) is 13.4. The Morgan fingerprint density at radius 2 is 2.09 bits per heavy atom. The zero-order valence-corrected chi connectivity index (χ0v) is 14.2. The summed E-state index contributed by atoms with van der Waals surface area (Å²) in [6.45, 7) is 4.23. The van der Waals surface area contributed by atoms with E-state index in [1.807, 2.05) is 6.92 Å². The van der Waals surface area contributed by atoms with Crippen LogP contribution >= 0.6 is 12.4 Å². The minimum absolute atomic E-state index is 0. The van der Waals surface area contributed by atoms with Crippen molar-refractivity contribution in [3.05, 3.63) is 0 Å². The van der Waals surface area contributed by atoms with E-state index < -0.39 is 11.6 Å². The molecule has 130 valence electrons. The highest BCUT2D eigenvalue weighted by molar-refractivity contribution is 6.09. The van der Waals surface area contributed by atoms with Crippen molar-refractivity contribution in [1.82, 2.24) is 20.9 Å². The highest BCUT2D eigenvalue weighted by Crippen LogP contribution is 2.38. The molecule has 3 rings (SSSR count). The fraction of sp³-hybridized carbons (Fsp3) is 0.800. The van der Waals surface area contributed by atoms with Gasteiger partial charge in [0.15, 0.2) is 0 Å². The van der Waals surface area contributed by atoms with Gasteiger partial charge in [-0.3, -0.25) is 14.5 Å². The van der Waals surface area contributed by atoms with Crippen LogP contribution in [0.5, 0.6) is 0 Å². The maximum absolute atomic E-state index is 12.7. The van der Waals surface area contributed by atoms with Gasteiger partial charge in [-0.25, -0.2) is 4.79 Å². The number of carbonyl (C=O) groups is 3. The van der Waals surface area contributed by atoms with Gasteiger partial charge < -0.3 is 16.0 Å². The summed E-state index contributed by atoms with van der Waals surface area (Å²) in [4.78, 5) is 37.9. The van der Waals surface area contributed by atoms with Crippen LogP contribution < -0.4 is 16.0 Å². The predicted molar refractivity (Wildman–Crippen MR) is 87.2 cm³/mol. The smallest absolute Gasteiger partial charge is 0.325 e. The summed E-state index contributed by atoms with van der Waals surface area (Å²) >= 11 is 0. The number of rotatable bonds is 4. The average molecular weight is 345 g/mol. The van der Waals surface area contributed by atoms with Crippen molar-refractivity contribution >= 4 is 30.3 Å². The lowest BCUT2D eigenvalue weighted by molar-refractivity contribution is -0.137. The van der Waals surface area contributed by atoms with Gasteiger partial charge in [0.1, 0.15) is 12.1 Å². The van der Waals surface area contributed by atoms with Gasteiger partial charge in [0, 0.05) is 25.6 Å². The first-order valence-corrected chi connectivity index (χ1v) is 8.14. The standard InChI is InChI=1S/C15H24N4O3.ClH/c1-10-4-2-3-5-15(10)13(21)19(14(22)18-15)9-12(20)17-8-11-6-16-7-11;/h10-11,16H,2-9H2,1H3,(H,17,20)(H,18,22);1H. The Kier molecular flexibility index (Phi) is 5.52. The second kappa shape index (κ2) is 7.05. The summed E-state index contributed by atoms with van der Waals surface area (Å²) < 4.78 is 0. The van der Waals surface area contributed by atoms with Crippen molar-refractivity contribution in [1.29, 1.82) is 0 Å². The Morgan fingerprint density at radius 1 is 1.35 bits per heavy atom. The van der Waals surface area contributed by atoms with Gasteiger partial charge in [-0.2, -0.15) is 0 Å². The molecule has 23 heavy (non-hydrogen) atoms. The molecule has 1 spiro atoms. The van der Waals surface area contributed by atoms with Gasteiger partial charge in [-0.05, 0) is 18.8 Å². The van der Waals surface area contributed by atoms with Gasteiger partial charge in [-0.15, -0.1) is 12.4 Å². The molecule has 1 aliphatic carbocycles. The van der Waals surface area contributed by atoms with Gasteiger partial charge in [-0.1, -0.05) is 19.8 Å². The maximum atomic E-state index is 12.7. The molecule has 4 amide bonds. The number of carbonyl (C=O) groups excluding carboxylic acids is 3. The minimum atomic E-state index is -0.784. The number of amides is 4. The van der Waals surface area contributed by atoms with Crippen LogP contribution in [0.2, 0.25) is 0 Å². The van der Waals surface area contributed by atoms with Crippen molar-refractivity contribution in [2.75, 3.05) is 26.2 Å². The van der Waals surface area contributed by atoms with Crippen LogP contribution in [0, 0.1) is 11.8 Å². The lowest BCUT2D eigenvalue weighted by atomic mass is 9.73. The molecule has 0 radical (unpaired) electrons. The summed E-state index contributed by atoms with van der Waals surface area (Å²) in [6, 6.07) is -0.431. The zero-order chi connectivity index (χ0) is 15.7. The van der Waals surface area contributed by atoms with Gasteiger partial charge in [0.05, 0.1) is 0 Å². The number of hydrogen-bond donors (Lipinski definition) is 3. The SMILES string of the molecule is CC1CCCCC12NC(=O)N(CC(=O)NCC1CNC1)C2=O.Cl. The van der Waals surface area contributed by atoms with E-state index in [2.05, 4.69) is 16.0 Å². The first kappa shape index (κ1) is 18.0. The van der Waals surface area contributed by atoms with Crippen LogP contribution in [0.15, 0.2) is 0 Å². The lowest BCUT2D eigenvalue weighted by Gasteiger charge is -2.36. The molecule has 0 bridgehead atoms. The number of urea groups is 1. The second-order valence-corrected chi connectivity index (χ2v) is 6.77. The summed E-state index contributed by atoms with van der Waals surface area (Å²) in [5.41, 5.74) is -0.784. The molecule has 3 N–H and O–H groups in total. The maximum Gasteiger partial charge on any atom is 0.325 e. The Bertz CT molecular complexity index is 497. The molecule has 2 saturated heterocycles. The van der Waals surface area contributed by atoms with Gasteiger partial charge in [0.25, 0.3) is 5.91 Å². The van der Waals surface area contributed by atoms with Crippen LogP contribution in [0.4, 0.5) is 4.79 Å². The summed E-state index contributed by atoms with van der Waals surface area (Å²) in [6.07, 6.45) is 3.62. The molecule has 2 unspecified atom stereocenters. The molecule has 3 aliphatic rings. The predicted octanol–water partition coefficient (Wildman–Crippen LogP) is 0.245. The van der Waals surface area contributed by atoms with Crippen LogP contribution in [0.25, 0.3) is 0 Å². The molecule has 8 heteroatoms. The van der Waals surface area contributed by atoms with E-state index in [-0.39, 0.29) is 36.7 Å². The highest BCUT2D eigenvalue weighted by atomic mass is 35.5. The number of imide groups is 1. The van der Waals surface area contributed by atoms with Crippen molar-refractivity contribution in [2.24, 2.45) is 11.8 Å². The van der Waals surface area contributed by atoms with Crippen molar-refractivity contribution in [2.45, 2.75) is 38.1 Å². The van der Waals surface area contributed by atoms with E-state index in [1.165, 1.54) is 0 Å². The fourth-order valence-corrected chi connectivity index (χ4v) is 3.59. The Balaban J connectivity index is 0.00000192. The van der Waals surface area contributed by atoms with E-state index in [0.717, 1.165) is 37.3 Å². The number of nitrogens with zero attached hydrogens (tertiary/aromatic N) is 1. The fourth-order valence-electron chi connectivity index (χ4n) is 3.59. The second-order valence-electron chi connectivity index (χ2n) is 6.77. The molecule has 2 atom stereocenters. The Labute approximate surface area is 142 Å². The Morgan fingerprint density at radius 3 is 2.70 bits per heavy atom. The van der Waals surface area contributed by atoms with E-state index >= 15 is 0 Å².